The van der Waals surface area contributed by atoms with Gasteiger partial charge in [0.1, 0.15) is 29.6 Å². The summed E-state index contributed by atoms with van der Waals surface area (Å²) in [5.41, 5.74) is 0.166. The smallest absolute Gasteiger partial charge is 0.342 e. The quantitative estimate of drug-likeness (QED) is 0.247. The van der Waals surface area contributed by atoms with Gasteiger partial charge in [-0.3, -0.25) is 0 Å². The summed E-state index contributed by atoms with van der Waals surface area (Å²) in [6, 6.07) is 5.63. The lowest BCUT2D eigenvalue weighted by atomic mass is 9.98. The van der Waals surface area contributed by atoms with Gasteiger partial charge in [-0.25, -0.2) is 4.79 Å². The lowest BCUT2D eigenvalue weighted by molar-refractivity contribution is -0.0176. The van der Waals surface area contributed by atoms with Gasteiger partial charge in [0, 0.05) is 3.57 Å². The molecule has 6 heteroatoms. The molecule has 4 nitrogen and oxygen atoms in total. The van der Waals surface area contributed by atoms with Gasteiger partial charge in [-0.1, -0.05) is 18.5 Å². The lowest BCUT2D eigenvalue weighted by Gasteiger charge is -2.28. The minimum atomic E-state index is -0.308. The summed E-state index contributed by atoms with van der Waals surface area (Å²) in [5, 5.41) is 0. The predicted octanol–water partition coefficient (Wildman–Crippen LogP) is 4.76. The third kappa shape index (κ3) is 5.22. The zero-order chi connectivity index (χ0) is 16.7. The van der Waals surface area contributed by atoms with Crippen LogP contribution in [0.2, 0.25) is 0 Å². The lowest BCUT2D eigenvalue weighted by Crippen LogP contribution is -2.31. The number of rotatable bonds is 8. The minimum Gasteiger partial charge on any atom is -0.490 e. The molecule has 0 saturated heterocycles. The molecule has 0 atom stereocenters. The van der Waals surface area contributed by atoms with E-state index < -0.39 is 0 Å². The standard InChI is InChI=1S/C17H22ClIO4/c1-2-17(7-3-4-8-17)23-16(20)14-11-13(19)5-6-15(14)22-10-9-21-12-18/h5-6,11H,2-4,7-10,12H2,1H3. The van der Waals surface area contributed by atoms with Crippen molar-refractivity contribution in [3.63, 3.8) is 0 Å². The number of halogens is 2. The summed E-state index contributed by atoms with van der Waals surface area (Å²) in [7, 11) is 0. The molecule has 0 N–H and O–H groups in total. The van der Waals surface area contributed by atoms with Crippen LogP contribution in [0.15, 0.2) is 18.2 Å². The number of hydrogen-bond acceptors (Lipinski definition) is 4. The van der Waals surface area contributed by atoms with Crippen LogP contribution < -0.4 is 4.74 Å². The molecule has 1 aliphatic carbocycles. The molecule has 1 aromatic rings. The molecule has 0 aliphatic heterocycles. The van der Waals surface area contributed by atoms with Gasteiger partial charge in [-0.2, -0.15) is 0 Å². The van der Waals surface area contributed by atoms with Gasteiger partial charge < -0.3 is 14.2 Å². The first-order valence-corrected chi connectivity index (χ1v) is 9.51. The first-order valence-electron chi connectivity index (χ1n) is 7.89. The van der Waals surface area contributed by atoms with E-state index in [0.29, 0.717) is 24.5 Å². The maximum absolute atomic E-state index is 12.7. The monoisotopic (exact) mass is 452 g/mol. The van der Waals surface area contributed by atoms with Crippen LogP contribution in [0.1, 0.15) is 49.4 Å². The minimum absolute atomic E-state index is 0.129. The van der Waals surface area contributed by atoms with Crippen molar-refractivity contribution in [1.82, 2.24) is 0 Å². The molecule has 1 saturated carbocycles. The number of benzene rings is 1. The van der Waals surface area contributed by atoms with Crippen molar-refractivity contribution in [2.45, 2.75) is 44.6 Å². The van der Waals surface area contributed by atoms with Crippen LogP contribution in [0.5, 0.6) is 5.75 Å². The molecular formula is C17H22ClIO4. The Hall–Kier alpha value is -0.530. The van der Waals surface area contributed by atoms with E-state index >= 15 is 0 Å². The molecule has 0 radical (unpaired) electrons. The van der Waals surface area contributed by atoms with Gasteiger partial charge in [-0.05, 0) is 72.9 Å². The molecule has 2 rings (SSSR count). The van der Waals surface area contributed by atoms with E-state index in [-0.39, 0.29) is 17.6 Å². The van der Waals surface area contributed by atoms with E-state index in [1.165, 1.54) is 0 Å². The summed E-state index contributed by atoms with van der Waals surface area (Å²) in [5.74, 6) is 0.221. The Morgan fingerprint density at radius 2 is 2.04 bits per heavy atom. The van der Waals surface area contributed by atoms with Crippen LogP contribution in [0, 0.1) is 3.57 Å². The summed E-state index contributed by atoms with van der Waals surface area (Å²) < 4.78 is 17.6. The van der Waals surface area contributed by atoms with Gasteiger partial charge in [0.15, 0.2) is 0 Å². The molecule has 0 aromatic heterocycles. The van der Waals surface area contributed by atoms with Crippen molar-refractivity contribution in [2.75, 3.05) is 19.3 Å². The number of ether oxygens (including phenoxy) is 3. The van der Waals surface area contributed by atoms with Gasteiger partial charge in [-0.15, -0.1) is 0 Å². The number of carbonyl (C=O) groups excluding carboxylic acids is 1. The highest BCUT2D eigenvalue weighted by Gasteiger charge is 2.36. The van der Waals surface area contributed by atoms with Crippen LogP contribution in [0.4, 0.5) is 0 Å². The fourth-order valence-electron chi connectivity index (χ4n) is 2.85. The summed E-state index contributed by atoms with van der Waals surface area (Å²) in [6.45, 7) is 2.80. The number of hydrogen-bond donors (Lipinski definition) is 0. The third-order valence-electron chi connectivity index (χ3n) is 4.19. The fourth-order valence-corrected chi connectivity index (χ4v) is 3.45. The second-order valence-electron chi connectivity index (χ2n) is 5.64. The maximum atomic E-state index is 12.7. The zero-order valence-electron chi connectivity index (χ0n) is 13.3. The van der Waals surface area contributed by atoms with Gasteiger partial charge in [0.25, 0.3) is 0 Å². The van der Waals surface area contributed by atoms with Crippen molar-refractivity contribution in [1.29, 1.82) is 0 Å². The Morgan fingerprint density at radius 1 is 1.30 bits per heavy atom. The first kappa shape index (κ1) is 18.8. The zero-order valence-corrected chi connectivity index (χ0v) is 16.2. The van der Waals surface area contributed by atoms with Crippen LogP contribution in [-0.2, 0) is 9.47 Å². The van der Waals surface area contributed by atoms with Crippen LogP contribution >= 0.6 is 34.2 Å². The predicted molar refractivity (Wildman–Crippen MR) is 98.2 cm³/mol. The molecule has 0 amide bonds. The van der Waals surface area contributed by atoms with Crippen molar-refractivity contribution in [2.24, 2.45) is 0 Å². The maximum Gasteiger partial charge on any atom is 0.342 e. The largest absolute Gasteiger partial charge is 0.490 e. The van der Waals surface area contributed by atoms with Crippen LogP contribution in [0.3, 0.4) is 0 Å². The van der Waals surface area contributed by atoms with E-state index in [1.807, 2.05) is 6.07 Å². The molecule has 1 fully saturated rings. The highest BCUT2D eigenvalue weighted by atomic mass is 127. The molecular weight excluding hydrogens is 431 g/mol. The summed E-state index contributed by atoms with van der Waals surface area (Å²) in [6.07, 6.45) is 4.97. The SMILES string of the molecule is CCC1(OC(=O)c2cc(I)ccc2OCCOCCl)CCCC1. The van der Waals surface area contributed by atoms with Crippen molar-refractivity contribution >= 4 is 40.2 Å². The molecule has 0 unspecified atom stereocenters. The number of carbonyl (C=O) groups is 1. The Bertz CT molecular complexity index is 529. The molecule has 0 heterocycles. The average Bonchev–Trinajstić information content (AvgIpc) is 3.01. The second kappa shape index (κ2) is 9.08. The van der Waals surface area contributed by atoms with Crippen LogP contribution in [0.25, 0.3) is 0 Å². The molecule has 1 aliphatic rings. The summed E-state index contributed by atoms with van der Waals surface area (Å²) >= 11 is 7.64. The van der Waals surface area contributed by atoms with E-state index in [4.69, 9.17) is 25.8 Å². The fraction of sp³-hybridized carbons (Fsp3) is 0.588. The molecule has 0 bridgehead atoms. The van der Waals surface area contributed by atoms with E-state index in [1.54, 1.807) is 12.1 Å². The Morgan fingerprint density at radius 3 is 2.70 bits per heavy atom. The molecule has 128 valence electrons. The topological polar surface area (TPSA) is 44.8 Å². The van der Waals surface area contributed by atoms with E-state index in [0.717, 1.165) is 35.7 Å². The van der Waals surface area contributed by atoms with Crippen LogP contribution in [-0.4, -0.2) is 30.9 Å². The van der Waals surface area contributed by atoms with Gasteiger partial charge in [0.05, 0.1) is 6.61 Å². The average molecular weight is 453 g/mol. The number of alkyl halides is 1. The van der Waals surface area contributed by atoms with Crippen molar-refractivity contribution in [3.05, 3.63) is 27.3 Å². The van der Waals surface area contributed by atoms with Gasteiger partial charge >= 0.3 is 5.97 Å². The van der Waals surface area contributed by atoms with E-state index in [9.17, 15) is 4.79 Å². The van der Waals surface area contributed by atoms with E-state index in [2.05, 4.69) is 29.5 Å². The highest BCUT2D eigenvalue weighted by Crippen LogP contribution is 2.37. The Balaban J connectivity index is 2.09. The van der Waals surface area contributed by atoms with Gasteiger partial charge in [0.2, 0.25) is 0 Å². The highest BCUT2D eigenvalue weighted by molar-refractivity contribution is 14.1. The normalized spacial score (nSPS) is 16.3. The third-order valence-corrected chi connectivity index (χ3v) is 5.02. The Labute approximate surface area is 156 Å². The number of esters is 1. The molecule has 0 spiro atoms. The van der Waals surface area contributed by atoms with Crippen molar-refractivity contribution in [3.8, 4) is 5.75 Å². The molecule has 1 aromatic carbocycles. The first-order chi connectivity index (χ1) is 11.1. The summed E-state index contributed by atoms with van der Waals surface area (Å²) in [4.78, 5) is 12.7. The Kier molecular flexibility index (Phi) is 7.43. The van der Waals surface area contributed by atoms with Crippen molar-refractivity contribution < 1.29 is 19.0 Å². The molecule has 23 heavy (non-hydrogen) atoms. The second-order valence-corrected chi connectivity index (χ2v) is 7.10.